The van der Waals surface area contributed by atoms with Crippen LogP contribution in [0.3, 0.4) is 0 Å². The number of rotatable bonds is 4. The summed E-state index contributed by atoms with van der Waals surface area (Å²) in [6.07, 6.45) is 1.86. The fourth-order valence-corrected chi connectivity index (χ4v) is 1.20. The number of hydrogen-bond acceptors (Lipinski definition) is 3. The molecule has 4 heteroatoms. The molecule has 0 spiro atoms. The second-order valence-electron chi connectivity index (χ2n) is 2.80. The second kappa shape index (κ2) is 5.19. The van der Waals surface area contributed by atoms with E-state index in [1.54, 1.807) is 6.20 Å². The number of likely N-dealkylation sites (N-methyl/N-ethyl adjacent to an activating group) is 1. The topological polar surface area (TPSA) is 34.1 Å². The molecule has 0 fully saturated rings. The van der Waals surface area contributed by atoms with Crippen LogP contribution in [-0.2, 0) is 0 Å². The summed E-state index contributed by atoms with van der Waals surface area (Å²) in [6.45, 7) is 2.82. The standard InChI is InChI=1S/C9H13BrN2O/c1-7(5-11-2)13-9-4-3-8(10)6-12-9/h3-4,6-7,11H,5H2,1-2H3. The van der Waals surface area contributed by atoms with E-state index in [1.807, 2.05) is 26.1 Å². The van der Waals surface area contributed by atoms with Gasteiger partial charge >= 0.3 is 0 Å². The number of pyridine rings is 1. The van der Waals surface area contributed by atoms with E-state index in [0.29, 0.717) is 5.88 Å². The Bertz CT molecular complexity index is 250. The molecule has 1 aromatic rings. The fraction of sp³-hybridized carbons (Fsp3) is 0.444. The Morgan fingerprint density at radius 1 is 1.62 bits per heavy atom. The molecule has 0 aliphatic heterocycles. The highest BCUT2D eigenvalue weighted by Gasteiger charge is 2.02. The summed E-state index contributed by atoms with van der Waals surface area (Å²) in [5.41, 5.74) is 0. The van der Waals surface area contributed by atoms with Gasteiger partial charge in [0.25, 0.3) is 0 Å². The van der Waals surface area contributed by atoms with Crippen molar-refractivity contribution in [2.24, 2.45) is 0 Å². The summed E-state index contributed by atoms with van der Waals surface area (Å²) in [4.78, 5) is 4.10. The third kappa shape index (κ3) is 3.74. The molecule has 0 aliphatic carbocycles. The summed E-state index contributed by atoms with van der Waals surface area (Å²) < 4.78 is 6.47. The van der Waals surface area contributed by atoms with Gasteiger partial charge in [-0.1, -0.05) is 0 Å². The highest BCUT2D eigenvalue weighted by atomic mass is 79.9. The molecule has 13 heavy (non-hydrogen) atoms. The first-order valence-corrected chi connectivity index (χ1v) is 4.94. The minimum Gasteiger partial charge on any atom is -0.473 e. The molecule has 1 heterocycles. The van der Waals surface area contributed by atoms with Crippen LogP contribution in [-0.4, -0.2) is 24.7 Å². The Morgan fingerprint density at radius 3 is 2.92 bits per heavy atom. The zero-order chi connectivity index (χ0) is 9.68. The fourth-order valence-electron chi connectivity index (χ4n) is 0.967. The van der Waals surface area contributed by atoms with Crippen LogP contribution in [0.15, 0.2) is 22.8 Å². The molecule has 1 unspecified atom stereocenters. The molecule has 0 radical (unpaired) electrons. The quantitative estimate of drug-likeness (QED) is 0.878. The van der Waals surface area contributed by atoms with Crippen molar-refractivity contribution in [3.05, 3.63) is 22.8 Å². The van der Waals surface area contributed by atoms with Crippen LogP contribution in [0.5, 0.6) is 5.88 Å². The summed E-state index contributed by atoms with van der Waals surface area (Å²) in [5, 5.41) is 3.04. The van der Waals surface area contributed by atoms with Crippen LogP contribution in [0.4, 0.5) is 0 Å². The molecule has 0 bridgehead atoms. The van der Waals surface area contributed by atoms with E-state index in [-0.39, 0.29) is 6.10 Å². The zero-order valence-electron chi connectivity index (χ0n) is 7.75. The summed E-state index contributed by atoms with van der Waals surface area (Å²) in [5.74, 6) is 0.658. The van der Waals surface area contributed by atoms with Crippen molar-refractivity contribution in [3.63, 3.8) is 0 Å². The molecule has 72 valence electrons. The SMILES string of the molecule is CNCC(C)Oc1ccc(Br)cn1. The van der Waals surface area contributed by atoms with Gasteiger partial charge in [0, 0.05) is 23.3 Å². The Labute approximate surface area is 86.6 Å². The first kappa shape index (κ1) is 10.5. The number of hydrogen-bond donors (Lipinski definition) is 1. The predicted molar refractivity (Wildman–Crippen MR) is 56.0 cm³/mol. The molecule has 0 saturated carbocycles. The monoisotopic (exact) mass is 244 g/mol. The van der Waals surface area contributed by atoms with Gasteiger partial charge in [0.05, 0.1) is 0 Å². The smallest absolute Gasteiger partial charge is 0.213 e. The Morgan fingerprint density at radius 2 is 2.38 bits per heavy atom. The second-order valence-corrected chi connectivity index (χ2v) is 3.72. The van der Waals surface area contributed by atoms with Crippen molar-refractivity contribution in [1.29, 1.82) is 0 Å². The van der Waals surface area contributed by atoms with Crippen molar-refractivity contribution in [3.8, 4) is 5.88 Å². The largest absolute Gasteiger partial charge is 0.473 e. The molecule has 0 amide bonds. The number of nitrogens with one attached hydrogen (secondary N) is 1. The van der Waals surface area contributed by atoms with Gasteiger partial charge in [-0.3, -0.25) is 0 Å². The van der Waals surface area contributed by atoms with E-state index in [9.17, 15) is 0 Å². The highest BCUT2D eigenvalue weighted by Crippen LogP contribution is 2.13. The first-order valence-electron chi connectivity index (χ1n) is 4.15. The van der Waals surface area contributed by atoms with Gasteiger partial charge in [0.2, 0.25) is 5.88 Å². The van der Waals surface area contributed by atoms with E-state index < -0.39 is 0 Å². The predicted octanol–water partition coefficient (Wildman–Crippen LogP) is 1.83. The van der Waals surface area contributed by atoms with Crippen LogP contribution in [0.25, 0.3) is 0 Å². The molecule has 0 saturated heterocycles. The molecule has 1 atom stereocenters. The van der Waals surface area contributed by atoms with E-state index >= 15 is 0 Å². The molecule has 3 nitrogen and oxygen atoms in total. The van der Waals surface area contributed by atoms with Crippen LogP contribution >= 0.6 is 15.9 Å². The van der Waals surface area contributed by atoms with Crippen LogP contribution in [0, 0.1) is 0 Å². The average molecular weight is 245 g/mol. The van der Waals surface area contributed by atoms with Crippen LogP contribution in [0.2, 0.25) is 0 Å². The maximum atomic E-state index is 5.52. The summed E-state index contributed by atoms with van der Waals surface area (Å²) >= 11 is 3.31. The summed E-state index contributed by atoms with van der Waals surface area (Å²) in [7, 11) is 1.90. The number of nitrogens with zero attached hydrogens (tertiary/aromatic N) is 1. The van der Waals surface area contributed by atoms with Gasteiger partial charge in [-0.2, -0.15) is 0 Å². The lowest BCUT2D eigenvalue weighted by Crippen LogP contribution is -2.26. The van der Waals surface area contributed by atoms with Gasteiger partial charge in [0.15, 0.2) is 0 Å². The van der Waals surface area contributed by atoms with Gasteiger partial charge in [-0.15, -0.1) is 0 Å². The molecular weight excluding hydrogens is 232 g/mol. The molecular formula is C9H13BrN2O. The van der Waals surface area contributed by atoms with Gasteiger partial charge in [-0.05, 0) is 36.0 Å². The first-order chi connectivity index (χ1) is 6.22. The minimum absolute atomic E-state index is 0.138. The molecule has 1 aromatic heterocycles. The third-order valence-electron chi connectivity index (χ3n) is 1.51. The molecule has 1 rings (SSSR count). The number of halogens is 1. The maximum Gasteiger partial charge on any atom is 0.213 e. The number of ether oxygens (including phenoxy) is 1. The third-order valence-corrected chi connectivity index (χ3v) is 1.98. The molecule has 0 aliphatic rings. The van der Waals surface area contributed by atoms with Gasteiger partial charge in [-0.25, -0.2) is 4.98 Å². The van der Waals surface area contributed by atoms with Gasteiger partial charge < -0.3 is 10.1 Å². The lowest BCUT2D eigenvalue weighted by atomic mass is 10.4. The van der Waals surface area contributed by atoms with Gasteiger partial charge in [0.1, 0.15) is 6.10 Å². The van der Waals surface area contributed by atoms with Crippen LogP contribution < -0.4 is 10.1 Å². The lowest BCUT2D eigenvalue weighted by Gasteiger charge is -2.12. The van der Waals surface area contributed by atoms with E-state index in [1.165, 1.54) is 0 Å². The zero-order valence-corrected chi connectivity index (χ0v) is 9.34. The molecule has 0 aromatic carbocycles. The molecule has 1 N–H and O–H groups in total. The van der Waals surface area contributed by atoms with Crippen molar-refractivity contribution in [2.45, 2.75) is 13.0 Å². The van der Waals surface area contributed by atoms with E-state index in [2.05, 4.69) is 26.2 Å². The lowest BCUT2D eigenvalue weighted by molar-refractivity contribution is 0.212. The minimum atomic E-state index is 0.138. The highest BCUT2D eigenvalue weighted by molar-refractivity contribution is 9.10. The maximum absolute atomic E-state index is 5.52. The van der Waals surface area contributed by atoms with Crippen LogP contribution in [0.1, 0.15) is 6.92 Å². The van der Waals surface area contributed by atoms with Crippen molar-refractivity contribution < 1.29 is 4.74 Å². The average Bonchev–Trinajstić information content (AvgIpc) is 2.09. The van der Waals surface area contributed by atoms with E-state index in [4.69, 9.17) is 4.74 Å². The Hall–Kier alpha value is -0.610. The van der Waals surface area contributed by atoms with Crippen molar-refractivity contribution in [2.75, 3.05) is 13.6 Å². The van der Waals surface area contributed by atoms with Crippen molar-refractivity contribution >= 4 is 15.9 Å². The Kier molecular flexibility index (Phi) is 4.18. The Balaban J connectivity index is 2.49. The number of aromatic nitrogens is 1. The normalized spacial score (nSPS) is 12.5. The van der Waals surface area contributed by atoms with Crippen molar-refractivity contribution in [1.82, 2.24) is 10.3 Å². The summed E-state index contributed by atoms with van der Waals surface area (Å²) in [6, 6.07) is 3.75. The van der Waals surface area contributed by atoms with E-state index in [0.717, 1.165) is 11.0 Å².